The van der Waals surface area contributed by atoms with Crippen molar-refractivity contribution in [2.75, 3.05) is 0 Å². The summed E-state index contributed by atoms with van der Waals surface area (Å²) in [5.74, 6) is 0.414. The molecule has 35 heavy (non-hydrogen) atoms. The first-order valence-corrected chi connectivity index (χ1v) is 14.6. The Bertz CT molecular complexity index is 962. The monoisotopic (exact) mass is 488 g/mol. The van der Waals surface area contributed by atoms with Crippen molar-refractivity contribution in [1.82, 2.24) is 0 Å². The Balaban J connectivity index is 1.35. The minimum absolute atomic E-state index is 0.0349. The molecule has 0 aromatic carbocycles. The van der Waals surface area contributed by atoms with Gasteiger partial charge in [-0.2, -0.15) is 0 Å². The van der Waals surface area contributed by atoms with Gasteiger partial charge in [-0.25, -0.2) is 0 Å². The maximum atomic E-state index is 12.5. The van der Waals surface area contributed by atoms with Crippen molar-refractivity contribution in [1.29, 1.82) is 0 Å². The molecule has 3 N–H and O–H groups in total. The van der Waals surface area contributed by atoms with E-state index in [0.717, 1.165) is 38.5 Å². The molecular weight excluding hydrogens is 440 g/mol. The van der Waals surface area contributed by atoms with Gasteiger partial charge in [-0.05, 0) is 105 Å². The van der Waals surface area contributed by atoms with Gasteiger partial charge in [0, 0.05) is 11.3 Å². The lowest BCUT2D eigenvalue weighted by Crippen LogP contribution is -2.70. The minimum Gasteiger partial charge on any atom is -0.393 e. The number of fused-ring (bicyclic) bond motifs is 4. The second-order valence-electron chi connectivity index (χ2n) is 15.9. The average Bonchev–Trinajstić information content (AvgIpc) is 3.41. The topological polar surface area (TPSA) is 79.2 Å². The molecule has 13 atom stereocenters. The second-order valence-corrected chi connectivity index (χ2v) is 15.9. The standard InChI is InChI=1S/C30H48O5/c1-16-14-17-22(32)25(4,5)35-30(34-17)21(16)26(6)12-13-29-15-28(29)11-10-20(31)24(2,3)18(28)8-9-19(29)27(26,7)23(30)33/h16-23,31-33H,8-15H2,1-7H3/t16-,17+,18?,19?,20+,21?,22+,23-,26-,27-,28-,29+,30+/m1/s1. The number of aliphatic hydroxyl groups is 3. The molecule has 7 rings (SSSR count). The van der Waals surface area contributed by atoms with Crippen molar-refractivity contribution in [3.63, 3.8) is 0 Å². The first-order chi connectivity index (χ1) is 16.1. The predicted octanol–water partition coefficient (Wildman–Crippen LogP) is 4.66. The molecule has 198 valence electrons. The van der Waals surface area contributed by atoms with Crippen LogP contribution in [-0.2, 0) is 9.47 Å². The van der Waals surface area contributed by atoms with Crippen LogP contribution in [0.1, 0.15) is 99.8 Å². The molecule has 0 radical (unpaired) electrons. The van der Waals surface area contributed by atoms with Crippen LogP contribution in [0, 0.1) is 50.7 Å². The SMILES string of the molecule is C[C@@H]1C[C@@H]2O[C@]3(OC(C)(C)[C@H]2O)C1[C@@]1(C)CC[C@@]24C[C@@]25CC[C@H](O)C(C)(C)C5CCC4[C@]1(C)[C@H]3O. The molecule has 5 nitrogen and oxygen atoms in total. The quantitative estimate of drug-likeness (QED) is 0.462. The molecule has 0 amide bonds. The molecule has 3 unspecified atom stereocenters. The lowest BCUT2D eigenvalue weighted by atomic mass is 9.41. The van der Waals surface area contributed by atoms with E-state index in [2.05, 4.69) is 34.6 Å². The van der Waals surface area contributed by atoms with Crippen LogP contribution >= 0.6 is 0 Å². The maximum absolute atomic E-state index is 12.5. The van der Waals surface area contributed by atoms with Gasteiger partial charge < -0.3 is 24.8 Å². The van der Waals surface area contributed by atoms with Gasteiger partial charge in [-0.3, -0.25) is 0 Å². The number of aliphatic hydroxyl groups excluding tert-OH is 3. The van der Waals surface area contributed by atoms with Gasteiger partial charge >= 0.3 is 0 Å². The number of hydrogen-bond acceptors (Lipinski definition) is 5. The van der Waals surface area contributed by atoms with Crippen LogP contribution in [0.15, 0.2) is 0 Å². The third kappa shape index (κ3) is 2.27. The van der Waals surface area contributed by atoms with Gasteiger partial charge in [-0.1, -0.05) is 34.6 Å². The summed E-state index contributed by atoms with van der Waals surface area (Å²) in [6.45, 7) is 15.7. The minimum atomic E-state index is -1.04. The van der Waals surface area contributed by atoms with Gasteiger partial charge in [0.15, 0.2) is 5.79 Å². The van der Waals surface area contributed by atoms with E-state index in [1.54, 1.807) is 0 Å². The summed E-state index contributed by atoms with van der Waals surface area (Å²) in [6, 6.07) is 0. The van der Waals surface area contributed by atoms with E-state index in [9.17, 15) is 15.3 Å². The summed E-state index contributed by atoms with van der Waals surface area (Å²) in [7, 11) is 0. The predicted molar refractivity (Wildman–Crippen MR) is 132 cm³/mol. The summed E-state index contributed by atoms with van der Waals surface area (Å²) >= 11 is 0. The summed E-state index contributed by atoms with van der Waals surface area (Å²) in [5.41, 5.74) is -0.558. The Labute approximate surface area is 211 Å². The molecule has 5 saturated carbocycles. The van der Waals surface area contributed by atoms with Crippen molar-refractivity contribution in [2.45, 2.75) is 136 Å². The van der Waals surface area contributed by atoms with Crippen molar-refractivity contribution < 1.29 is 24.8 Å². The summed E-state index contributed by atoms with van der Waals surface area (Å²) in [6.07, 6.45) is 6.87. The third-order valence-corrected chi connectivity index (χ3v) is 14.3. The zero-order valence-corrected chi connectivity index (χ0v) is 22.9. The molecular formula is C30H48O5. The molecule has 5 heteroatoms. The van der Waals surface area contributed by atoms with Gasteiger partial charge in [0.25, 0.3) is 0 Å². The maximum Gasteiger partial charge on any atom is 0.199 e. The Kier molecular flexibility index (Phi) is 4.32. The first-order valence-electron chi connectivity index (χ1n) is 14.6. The fourth-order valence-electron chi connectivity index (χ4n) is 12.7. The molecule has 2 saturated heterocycles. The summed E-state index contributed by atoms with van der Waals surface area (Å²) < 4.78 is 13.5. The lowest BCUT2D eigenvalue weighted by molar-refractivity contribution is -0.430. The highest BCUT2D eigenvalue weighted by atomic mass is 16.7. The number of hydrogen-bond donors (Lipinski definition) is 3. The molecule has 0 aromatic heterocycles. The summed E-state index contributed by atoms with van der Waals surface area (Å²) in [5, 5.41) is 34.5. The molecule has 2 bridgehead atoms. The largest absolute Gasteiger partial charge is 0.393 e. The molecule has 2 aliphatic heterocycles. The van der Waals surface area contributed by atoms with Crippen molar-refractivity contribution >= 4 is 0 Å². The first kappa shape index (κ1) is 23.9. The lowest BCUT2D eigenvalue weighted by Gasteiger charge is -2.63. The number of rotatable bonds is 0. The molecule has 0 aromatic rings. The van der Waals surface area contributed by atoms with Crippen molar-refractivity contribution in [3.05, 3.63) is 0 Å². The zero-order valence-electron chi connectivity index (χ0n) is 22.9. The molecule has 2 heterocycles. The highest BCUT2D eigenvalue weighted by molar-refractivity contribution is 5.34. The molecule has 7 aliphatic rings. The van der Waals surface area contributed by atoms with Crippen LogP contribution in [0.2, 0.25) is 0 Å². The van der Waals surface area contributed by atoms with Gasteiger partial charge in [-0.15, -0.1) is 0 Å². The Hall–Kier alpha value is -0.200. The highest BCUT2D eigenvalue weighted by Crippen LogP contribution is 2.90. The van der Waals surface area contributed by atoms with Crippen LogP contribution in [-0.4, -0.2) is 51.1 Å². The Morgan fingerprint density at radius 1 is 0.800 bits per heavy atom. The molecule has 7 fully saturated rings. The molecule has 3 spiro atoms. The van der Waals surface area contributed by atoms with Crippen molar-refractivity contribution in [2.24, 2.45) is 50.7 Å². The van der Waals surface area contributed by atoms with E-state index in [1.165, 1.54) is 12.8 Å². The van der Waals surface area contributed by atoms with E-state index < -0.39 is 23.6 Å². The van der Waals surface area contributed by atoms with Crippen molar-refractivity contribution in [3.8, 4) is 0 Å². The zero-order chi connectivity index (χ0) is 25.2. The normalized spacial score (nSPS) is 65.3. The number of ether oxygens (including phenoxy) is 2. The van der Waals surface area contributed by atoms with E-state index in [-0.39, 0.29) is 39.8 Å². The highest BCUT2D eigenvalue weighted by Gasteiger charge is 2.87. The average molecular weight is 489 g/mol. The van der Waals surface area contributed by atoms with E-state index in [4.69, 9.17) is 9.47 Å². The van der Waals surface area contributed by atoms with Gasteiger partial charge in [0.05, 0.1) is 17.8 Å². The van der Waals surface area contributed by atoms with Crippen LogP contribution in [0.4, 0.5) is 0 Å². The third-order valence-electron chi connectivity index (χ3n) is 14.3. The van der Waals surface area contributed by atoms with Crippen LogP contribution in [0.3, 0.4) is 0 Å². The fourth-order valence-corrected chi connectivity index (χ4v) is 12.7. The second kappa shape index (κ2) is 6.33. The van der Waals surface area contributed by atoms with Gasteiger partial charge in [0.1, 0.15) is 12.2 Å². The van der Waals surface area contributed by atoms with E-state index in [0.29, 0.717) is 23.2 Å². The van der Waals surface area contributed by atoms with Crippen LogP contribution in [0.5, 0.6) is 0 Å². The summed E-state index contributed by atoms with van der Waals surface area (Å²) in [4.78, 5) is 0. The Morgan fingerprint density at radius 2 is 1.46 bits per heavy atom. The fraction of sp³-hybridized carbons (Fsp3) is 1.00. The molecule has 5 aliphatic carbocycles. The van der Waals surface area contributed by atoms with E-state index >= 15 is 0 Å². The smallest absolute Gasteiger partial charge is 0.199 e. The van der Waals surface area contributed by atoms with Crippen LogP contribution < -0.4 is 0 Å². The Morgan fingerprint density at radius 3 is 2.17 bits per heavy atom. The van der Waals surface area contributed by atoms with Crippen LogP contribution in [0.25, 0.3) is 0 Å². The van der Waals surface area contributed by atoms with E-state index in [1.807, 2.05) is 13.8 Å². The van der Waals surface area contributed by atoms with Gasteiger partial charge in [0.2, 0.25) is 0 Å².